The van der Waals surface area contributed by atoms with Crippen molar-refractivity contribution in [2.75, 3.05) is 9.80 Å². The average Bonchev–Trinajstić information content (AvgIpc) is 1.53. The number of nitrogens with zero attached hydrogens (tertiary/aromatic N) is 4. The van der Waals surface area contributed by atoms with Gasteiger partial charge < -0.3 is 18.9 Å². The third-order valence-electron chi connectivity index (χ3n) is 28.1. The number of fused-ring (bicyclic) bond motifs is 25. The Morgan fingerprint density at radius 3 is 0.853 bits per heavy atom. The fourth-order valence-corrected chi connectivity index (χ4v) is 24.2. The summed E-state index contributed by atoms with van der Waals surface area (Å²) in [7, 11) is 0. The van der Waals surface area contributed by atoms with Gasteiger partial charge in [-0.2, -0.15) is 0 Å². The molecule has 0 amide bonds. The Bertz CT molecular complexity index is 9590. The van der Waals surface area contributed by atoms with Crippen LogP contribution >= 0.6 is 22.7 Å². The van der Waals surface area contributed by atoms with Crippen molar-refractivity contribution in [2.45, 2.75) is 0 Å². The molecule has 4 heterocycles. The number of hydrogen-bond donors (Lipinski definition) is 0. The molecule has 0 aliphatic carbocycles. The first-order chi connectivity index (χ1) is 67.4. The second-order valence-electron chi connectivity index (χ2n) is 35.6. The van der Waals surface area contributed by atoms with Crippen LogP contribution in [0.4, 0.5) is 34.1 Å². The molecule has 28 rings (SSSR count). The van der Waals surface area contributed by atoms with Crippen molar-refractivity contribution in [3.8, 4) is 67.0 Å². The first-order valence-corrected chi connectivity index (χ1v) is 48.3. The number of thiophene rings is 2. The zero-order valence-corrected chi connectivity index (χ0v) is 75.6. The van der Waals surface area contributed by atoms with Crippen molar-refractivity contribution in [2.24, 2.45) is 0 Å². The standard InChI is InChI=1S/C70H44N2S.C60H38N2S/c1-2-16-51(17-3-1)71(68-26-13-25-62-61-23-10-11-27-69(61)73-70(62)68)52-35-28-46(29-36-52)49-33-40-66-64(43-49)65-44-50(55-24-12-15-47-14-4-5-18-54(47)55)34-41-67(65)72(66)53-37-30-45(31-38-53)48-32-39-60-58-21-7-6-19-56(58)57-20-8-9-22-59(57)63(60)42-48;1-2-13-43(14-3-1)61(58-23-12-21-53-52-20-9-11-24-59(52)63-60(53)58)44-31-25-40(26-32-44)42-30-36-57-55(38-42)51-19-8-10-22-56(51)62(57)45-33-27-39(28-34-45)41-29-35-50-48-17-5-4-15-46(48)47-16-6-7-18-49(47)54(50)37-41/h1-44H;1-38H. The summed E-state index contributed by atoms with van der Waals surface area (Å²) in [6.07, 6.45) is 0. The minimum atomic E-state index is 1.12. The largest absolute Gasteiger partial charge is 0.309 e. The monoisotopic (exact) mass is 1760 g/mol. The van der Waals surface area contributed by atoms with Crippen LogP contribution in [-0.2, 0) is 0 Å². The smallest absolute Gasteiger partial charge is 0.0640 e. The predicted molar refractivity (Wildman–Crippen MR) is 586 cm³/mol. The van der Waals surface area contributed by atoms with Crippen molar-refractivity contribution in [3.05, 3.63) is 497 Å². The fraction of sp³-hybridized carbons (Fsp3) is 0. The van der Waals surface area contributed by atoms with Crippen LogP contribution in [0.5, 0.6) is 0 Å². The predicted octanol–water partition coefficient (Wildman–Crippen LogP) is 37.7. The third-order valence-corrected chi connectivity index (χ3v) is 30.6. The van der Waals surface area contributed by atoms with Gasteiger partial charge in [-0.05, 0) is 283 Å². The van der Waals surface area contributed by atoms with E-state index in [0.29, 0.717) is 0 Å². The minimum absolute atomic E-state index is 1.12. The molecule has 6 heteroatoms. The van der Waals surface area contributed by atoms with Crippen LogP contribution in [-0.4, -0.2) is 9.13 Å². The molecule has 0 saturated heterocycles. The number of rotatable bonds is 13. The van der Waals surface area contributed by atoms with Crippen LogP contribution in [0.25, 0.3) is 226 Å². The molecule has 0 radical (unpaired) electrons. The average molecular weight is 1760 g/mol. The summed E-state index contributed by atoms with van der Waals surface area (Å²) in [5.41, 5.74) is 25.9. The first-order valence-electron chi connectivity index (χ1n) is 46.6. The highest BCUT2D eigenvalue weighted by Crippen LogP contribution is 2.51. The topological polar surface area (TPSA) is 16.3 Å². The van der Waals surface area contributed by atoms with Gasteiger partial charge in [-0.15, -0.1) is 22.7 Å². The van der Waals surface area contributed by atoms with E-state index in [4.69, 9.17) is 0 Å². The second kappa shape index (κ2) is 32.3. The molecule has 24 aromatic carbocycles. The highest BCUT2D eigenvalue weighted by Gasteiger charge is 2.25. The van der Waals surface area contributed by atoms with Crippen LogP contribution in [0, 0.1) is 0 Å². The van der Waals surface area contributed by atoms with Gasteiger partial charge in [0.15, 0.2) is 0 Å². The molecular weight excluding hydrogens is 1680 g/mol. The van der Waals surface area contributed by atoms with E-state index in [1.807, 2.05) is 22.7 Å². The molecule has 0 aliphatic heterocycles. The molecule has 4 aromatic heterocycles. The summed E-state index contributed by atoms with van der Waals surface area (Å²) in [5.74, 6) is 0. The zero-order valence-electron chi connectivity index (χ0n) is 73.9. The lowest BCUT2D eigenvalue weighted by Crippen LogP contribution is -2.09. The highest BCUT2D eigenvalue weighted by atomic mass is 32.1. The van der Waals surface area contributed by atoms with E-state index in [1.165, 1.54) is 226 Å². The molecule has 634 valence electrons. The molecule has 136 heavy (non-hydrogen) atoms. The van der Waals surface area contributed by atoms with Gasteiger partial charge in [-0.25, -0.2) is 0 Å². The summed E-state index contributed by atoms with van der Waals surface area (Å²) in [6, 6.07) is 183. The van der Waals surface area contributed by atoms with Crippen LogP contribution < -0.4 is 9.80 Å². The molecule has 0 aliphatic rings. The van der Waals surface area contributed by atoms with Gasteiger partial charge in [0.25, 0.3) is 0 Å². The fourth-order valence-electron chi connectivity index (χ4n) is 21.8. The van der Waals surface area contributed by atoms with E-state index >= 15 is 0 Å². The quantitative estimate of drug-likeness (QED) is 0.107. The minimum Gasteiger partial charge on any atom is -0.309 e. The lowest BCUT2D eigenvalue weighted by atomic mass is 9.92. The van der Waals surface area contributed by atoms with Gasteiger partial charge in [-0.3, -0.25) is 0 Å². The molecule has 28 aromatic rings. The van der Waals surface area contributed by atoms with Crippen molar-refractivity contribution >= 4 is 216 Å². The van der Waals surface area contributed by atoms with Gasteiger partial charge >= 0.3 is 0 Å². The number of para-hydroxylation sites is 3. The maximum absolute atomic E-state index is 2.45. The van der Waals surface area contributed by atoms with E-state index in [1.54, 1.807) is 0 Å². The van der Waals surface area contributed by atoms with E-state index < -0.39 is 0 Å². The Labute approximate surface area is 793 Å². The van der Waals surface area contributed by atoms with Crippen LogP contribution in [0.15, 0.2) is 497 Å². The highest BCUT2D eigenvalue weighted by molar-refractivity contribution is 7.27. The maximum atomic E-state index is 2.45. The van der Waals surface area contributed by atoms with E-state index in [2.05, 4.69) is 516 Å². The Kier molecular flexibility index (Phi) is 18.7. The zero-order chi connectivity index (χ0) is 89.4. The number of aromatic nitrogens is 2. The second-order valence-corrected chi connectivity index (χ2v) is 37.8. The molecule has 0 unspecified atom stereocenters. The maximum Gasteiger partial charge on any atom is 0.0640 e. The lowest BCUT2D eigenvalue weighted by molar-refractivity contribution is 1.18. The summed E-state index contributed by atoms with van der Waals surface area (Å²) >= 11 is 3.73. The number of anilines is 6. The van der Waals surface area contributed by atoms with Gasteiger partial charge in [0, 0.05) is 86.6 Å². The van der Waals surface area contributed by atoms with Crippen molar-refractivity contribution in [1.29, 1.82) is 0 Å². The normalized spacial score (nSPS) is 11.8. The van der Waals surface area contributed by atoms with Crippen molar-refractivity contribution in [1.82, 2.24) is 9.13 Å². The third kappa shape index (κ3) is 13.1. The molecule has 0 N–H and O–H groups in total. The molecule has 0 saturated carbocycles. The van der Waals surface area contributed by atoms with E-state index in [0.717, 1.165) is 34.1 Å². The number of benzene rings is 24. The Morgan fingerprint density at radius 2 is 0.426 bits per heavy atom. The van der Waals surface area contributed by atoms with Crippen molar-refractivity contribution < 1.29 is 0 Å². The Hall–Kier alpha value is -17.3. The SMILES string of the molecule is c1ccc(N(c2ccc(-c3ccc4c(c3)c3cc(-c5cccc6ccccc56)ccc3n4-c3ccc(-c4ccc5c6ccccc6c6ccccc6c5c4)cc3)cc2)c2cccc3c2sc2ccccc23)cc1.c1ccc(N(c2ccc(-c3ccc4c(c3)c3ccccc3n4-c3ccc(-c4ccc5c6ccccc6c6ccccc6c5c4)cc3)cc2)c2cccc3c2sc2ccccc23)cc1. The summed E-state index contributed by atoms with van der Waals surface area (Å²) in [5, 5.41) is 28.1. The Morgan fingerprint density at radius 1 is 0.154 bits per heavy atom. The summed E-state index contributed by atoms with van der Waals surface area (Å²) in [4.78, 5) is 4.80. The molecule has 0 spiro atoms. The molecule has 0 fully saturated rings. The molecule has 0 bridgehead atoms. The van der Waals surface area contributed by atoms with E-state index in [9.17, 15) is 0 Å². The van der Waals surface area contributed by atoms with Gasteiger partial charge in [0.05, 0.1) is 42.8 Å². The lowest BCUT2D eigenvalue weighted by Gasteiger charge is -2.26. The summed E-state index contributed by atoms with van der Waals surface area (Å²) in [6.45, 7) is 0. The first kappa shape index (κ1) is 78.6. The summed E-state index contributed by atoms with van der Waals surface area (Å²) < 4.78 is 10.0. The van der Waals surface area contributed by atoms with E-state index in [-0.39, 0.29) is 0 Å². The molecular formula is C130H82N4S2. The Balaban J connectivity index is 0.000000139. The van der Waals surface area contributed by atoms with Gasteiger partial charge in [0.2, 0.25) is 0 Å². The molecule has 4 nitrogen and oxygen atoms in total. The van der Waals surface area contributed by atoms with Crippen LogP contribution in [0.3, 0.4) is 0 Å². The van der Waals surface area contributed by atoms with Crippen LogP contribution in [0.2, 0.25) is 0 Å². The van der Waals surface area contributed by atoms with Gasteiger partial charge in [0.1, 0.15) is 0 Å². The number of hydrogen-bond acceptors (Lipinski definition) is 4. The van der Waals surface area contributed by atoms with Crippen LogP contribution in [0.1, 0.15) is 0 Å². The molecule has 0 atom stereocenters. The van der Waals surface area contributed by atoms with Crippen molar-refractivity contribution in [3.63, 3.8) is 0 Å². The van der Waals surface area contributed by atoms with Gasteiger partial charge in [-0.1, -0.05) is 346 Å².